The van der Waals surface area contributed by atoms with Crippen LogP contribution in [0.15, 0.2) is 0 Å². The summed E-state index contributed by atoms with van der Waals surface area (Å²) in [5.74, 6) is 1.81. The van der Waals surface area contributed by atoms with Crippen LogP contribution in [0.3, 0.4) is 0 Å². The van der Waals surface area contributed by atoms with Crippen molar-refractivity contribution in [3.8, 4) is 0 Å². The van der Waals surface area contributed by atoms with Crippen molar-refractivity contribution in [1.29, 1.82) is 0 Å². The van der Waals surface area contributed by atoms with Gasteiger partial charge in [-0.05, 0) is 0 Å². The van der Waals surface area contributed by atoms with Crippen LogP contribution in [-0.2, 0) is 44.2 Å². The summed E-state index contributed by atoms with van der Waals surface area (Å²) in [5, 5.41) is 0. The third-order valence-electron chi connectivity index (χ3n) is 2.56. The van der Waals surface area contributed by atoms with E-state index in [-0.39, 0.29) is 21.1 Å². The second kappa shape index (κ2) is 36.3. The molecule has 4 nitrogen and oxygen atoms in total. The van der Waals surface area contributed by atoms with Gasteiger partial charge < -0.3 is 25.3 Å². The van der Waals surface area contributed by atoms with Gasteiger partial charge in [-0.15, -0.1) is 0 Å². The van der Waals surface area contributed by atoms with Crippen LogP contribution in [0, 0.1) is 0 Å². The Kier molecular flexibility index (Phi) is 45.1. The summed E-state index contributed by atoms with van der Waals surface area (Å²) in [6.07, 6.45) is 4.71. The number of hydrogen-bond acceptors (Lipinski definition) is 6. The maximum absolute atomic E-state index is 5.41. The van der Waals surface area contributed by atoms with Crippen molar-refractivity contribution < 1.29 is 18.9 Å². The van der Waals surface area contributed by atoms with Crippen LogP contribution in [-0.4, -0.2) is 86.5 Å². The van der Waals surface area contributed by atoms with Crippen LogP contribution in [0.4, 0.5) is 0 Å². The fourth-order valence-electron chi connectivity index (χ4n) is 1.21. The molecular weight excluding hydrogens is 463 g/mol. The minimum atomic E-state index is -0.149. The van der Waals surface area contributed by atoms with Gasteiger partial charge in [0.05, 0.1) is 0 Å². The van der Waals surface area contributed by atoms with Crippen LogP contribution in [0.25, 0.3) is 0 Å². The standard InChI is InChI=1S/2C6H13O2.2C3H8S.Sn/c2*1-3-4-8-6-5-7-2;2*1-2-3-4;/h2*1,3-6H2,2H3;2*4H,2-3H2,1H3;/q;;;;+2/p-2. The normalized spacial score (nSPS) is 9.52. The third kappa shape index (κ3) is 45.9. The van der Waals surface area contributed by atoms with Crippen LogP contribution >= 0.6 is 0 Å². The summed E-state index contributed by atoms with van der Waals surface area (Å²) in [5.41, 5.74) is 0. The van der Waals surface area contributed by atoms with Gasteiger partial charge in [0.1, 0.15) is 0 Å². The summed E-state index contributed by atoms with van der Waals surface area (Å²) in [6.45, 7) is 8.82. The molecule has 152 valence electrons. The first-order chi connectivity index (χ1) is 12.2. The van der Waals surface area contributed by atoms with Crippen molar-refractivity contribution in [3.63, 3.8) is 0 Å². The van der Waals surface area contributed by atoms with E-state index in [2.05, 4.69) is 39.1 Å². The SMILES string of the molecule is CCC[S-].CCC[S-].COCCOCC[CH2][Sn+2][CH2]CCOCCOC. The summed E-state index contributed by atoms with van der Waals surface area (Å²) in [7, 11) is 3.40. The molecule has 0 aromatic rings. The summed E-state index contributed by atoms with van der Waals surface area (Å²) in [6, 6.07) is 0. The Hall–Kier alpha value is 1.34. The Morgan fingerprint density at radius 2 is 1.00 bits per heavy atom. The third-order valence-corrected chi connectivity index (χ3v) is 7.41. The molecule has 0 aliphatic carbocycles. The van der Waals surface area contributed by atoms with Gasteiger partial charge in [0.2, 0.25) is 0 Å². The van der Waals surface area contributed by atoms with Gasteiger partial charge in [0.25, 0.3) is 0 Å². The number of rotatable bonds is 16. The predicted molar refractivity (Wildman–Crippen MR) is 115 cm³/mol. The Morgan fingerprint density at radius 3 is 1.28 bits per heavy atom. The van der Waals surface area contributed by atoms with E-state index in [0.717, 1.165) is 50.8 Å². The molecule has 0 fully saturated rings. The van der Waals surface area contributed by atoms with E-state index in [9.17, 15) is 0 Å². The van der Waals surface area contributed by atoms with Gasteiger partial charge in [0.15, 0.2) is 0 Å². The van der Waals surface area contributed by atoms with E-state index in [1.165, 1.54) is 21.7 Å². The summed E-state index contributed by atoms with van der Waals surface area (Å²) >= 11 is 8.96. The molecule has 0 rings (SSSR count). The molecule has 0 unspecified atom stereocenters. The zero-order valence-corrected chi connectivity index (χ0v) is 21.3. The Morgan fingerprint density at radius 1 is 0.640 bits per heavy atom. The molecule has 0 spiro atoms. The van der Waals surface area contributed by atoms with Gasteiger partial charge in [-0.1, -0.05) is 26.7 Å². The minimum absolute atomic E-state index is 0.149. The van der Waals surface area contributed by atoms with E-state index in [4.69, 9.17) is 18.9 Å². The predicted octanol–water partition coefficient (Wildman–Crippen LogP) is 3.52. The molecule has 0 bridgehead atoms. The van der Waals surface area contributed by atoms with Gasteiger partial charge >= 0.3 is 116 Å². The summed E-state index contributed by atoms with van der Waals surface area (Å²) < 4.78 is 23.5. The number of ether oxygens (including phenoxy) is 4. The molecule has 0 atom stereocenters. The molecule has 0 aliphatic heterocycles. The molecule has 0 saturated carbocycles. The van der Waals surface area contributed by atoms with Gasteiger partial charge in [-0.3, -0.25) is 0 Å². The molecule has 25 heavy (non-hydrogen) atoms. The van der Waals surface area contributed by atoms with Crippen molar-refractivity contribution in [2.24, 2.45) is 0 Å². The second-order valence-electron chi connectivity index (χ2n) is 5.08. The molecule has 0 heterocycles. The van der Waals surface area contributed by atoms with Crippen molar-refractivity contribution >= 4 is 46.4 Å². The van der Waals surface area contributed by atoms with Crippen molar-refractivity contribution in [3.05, 3.63) is 0 Å². The van der Waals surface area contributed by atoms with E-state index >= 15 is 0 Å². The van der Waals surface area contributed by atoms with Crippen LogP contribution in [0.2, 0.25) is 8.87 Å². The average molecular weight is 503 g/mol. The van der Waals surface area contributed by atoms with Gasteiger partial charge in [0, 0.05) is 0 Å². The van der Waals surface area contributed by atoms with Gasteiger partial charge in [-0.25, -0.2) is 0 Å². The molecule has 0 aromatic carbocycles. The Bertz CT molecular complexity index is 170. The van der Waals surface area contributed by atoms with Crippen molar-refractivity contribution in [2.75, 3.05) is 65.4 Å². The maximum atomic E-state index is 5.41. The van der Waals surface area contributed by atoms with E-state index in [1.807, 2.05) is 0 Å². The molecule has 0 aromatic heterocycles. The molecule has 0 saturated heterocycles. The first-order valence-electron chi connectivity index (χ1n) is 9.25. The molecule has 0 amide bonds. The molecule has 0 aliphatic rings. The first-order valence-corrected chi connectivity index (χ1v) is 14.4. The second-order valence-corrected chi connectivity index (χ2v) is 10.2. The van der Waals surface area contributed by atoms with E-state index < -0.39 is 0 Å². The topological polar surface area (TPSA) is 36.9 Å². The van der Waals surface area contributed by atoms with E-state index in [1.54, 1.807) is 14.2 Å². The average Bonchev–Trinajstić information content (AvgIpc) is 2.66. The molecule has 0 N–H and O–H groups in total. The van der Waals surface area contributed by atoms with Crippen LogP contribution in [0.1, 0.15) is 39.5 Å². The monoisotopic (exact) mass is 504 g/mol. The van der Waals surface area contributed by atoms with Crippen LogP contribution < -0.4 is 0 Å². The molecule has 7 heteroatoms. The first kappa shape index (κ1) is 31.0. The number of methoxy groups -OCH3 is 2. The molecular formula is C18H40O4S2Sn. The van der Waals surface area contributed by atoms with Crippen molar-refractivity contribution in [2.45, 2.75) is 48.4 Å². The fraction of sp³-hybridized carbons (Fsp3) is 1.00. The zero-order valence-electron chi connectivity index (χ0n) is 16.8. The molecule has 0 radical (unpaired) electrons. The quantitative estimate of drug-likeness (QED) is 0.182. The number of hydrogen-bond donors (Lipinski definition) is 0. The Balaban J connectivity index is -0.000000503. The van der Waals surface area contributed by atoms with Crippen LogP contribution in [0.5, 0.6) is 0 Å². The van der Waals surface area contributed by atoms with Crippen molar-refractivity contribution in [1.82, 2.24) is 0 Å². The zero-order chi connectivity index (χ0) is 19.4. The van der Waals surface area contributed by atoms with E-state index in [0.29, 0.717) is 13.2 Å². The fourth-order valence-corrected chi connectivity index (χ4v) is 4.18. The van der Waals surface area contributed by atoms with Gasteiger partial charge in [-0.2, -0.15) is 11.5 Å². The summed E-state index contributed by atoms with van der Waals surface area (Å²) in [4.78, 5) is 0. The Labute approximate surface area is 178 Å².